The minimum absolute atomic E-state index is 0.0646. The molecular formula is C15H15BrN2O3. The van der Waals surface area contributed by atoms with Gasteiger partial charge in [0.15, 0.2) is 5.78 Å². The van der Waals surface area contributed by atoms with Crippen molar-refractivity contribution in [3.05, 3.63) is 62.4 Å². The van der Waals surface area contributed by atoms with Crippen molar-refractivity contribution < 1.29 is 9.72 Å². The minimum Gasteiger partial charge on any atom is -0.349 e. The Balaban J connectivity index is 2.27. The molecule has 2 rings (SSSR count). The summed E-state index contributed by atoms with van der Waals surface area (Å²) in [6.45, 7) is 4.05. The first-order valence-electron chi connectivity index (χ1n) is 6.51. The van der Waals surface area contributed by atoms with Gasteiger partial charge in [0.1, 0.15) is 0 Å². The van der Waals surface area contributed by atoms with Crippen molar-refractivity contribution in [3.8, 4) is 0 Å². The Hall–Kier alpha value is -1.95. The summed E-state index contributed by atoms with van der Waals surface area (Å²) in [5, 5.41) is 11.1. The fraction of sp³-hybridized carbons (Fsp3) is 0.267. The number of carbonyl (C=O) groups excluding carboxylic acids is 1. The summed E-state index contributed by atoms with van der Waals surface area (Å²) < 4.78 is 2.45. The predicted molar refractivity (Wildman–Crippen MR) is 83.5 cm³/mol. The first-order chi connectivity index (χ1) is 9.88. The highest BCUT2D eigenvalue weighted by Gasteiger charge is 2.16. The fourth-order valence-corrected chi connectivity index (χ4v) is 2.40. The van der Waals surface area contributed by atoms with E-state index in [0.717, 1.165) is 0 Å². The highest BCUT2D eigenvalue weighted by molar-refractivity contribution is 9.10. The van der Waals surface area contributed by atoms with Gasteiger partial charge in [0.2, 0.25) is 0 Å². The van der Waals surface area contributed by atoms with Gasteiger partial charge in [0, 0.05) is 40.0 Å². The maximum absolute atomic E-state index is 11.9. The van der Waals surface area contributed by atoms with Crippen LogP contribution in [0.5, 0.6) is 0 Å². The number of nitro benzene ring substituents is 1. The van der Waals surface area contributed by atoms with Crippen LogP contribution in [0.1, 0.15) is 29.8 Å². The van der Waals surface area contributed by atoms with Crippen LogP contribution < -0.4 is 0 Å². The lowest BCUT2D eigenvalue weighted by atomic mass is 10.0. The number of nitro groups is 1. The van der Waals surface area contributed by atoms with Gasteiger partial charge >= 0.3 is 0 Å². The summed E-state index contributed by atoms with van der Waals surface area (Å²) in [5.74, 6) is 0.00178. The number of nitrogens with zero attached hydrogens (tertiary/aromatic N) is 2. The molecule has 110 valence electrons. The van der Waals surface area contributed by atoms with Gasteiger partial charge in [-0.2, -0.15) is 0 Å². The van der Waals surface area contributed by atoms with Crippen LogP contribution in [0.4, 0.5) is 5.69 Å². The fourth-order valence-electron chi connectivity index (χ4n) is 2.06. The van der Waals surface area contributed by atoms with E-state index in [0.29, 0.717) is 22.1 Å². The van der Waals surface area contributed by atoms with Gasteiger partial charge in [-0.25, -0.2) is 0 Å². The summed E-state index contributed by atoms with van der Waals surface area (Å²) in [6.07, 6.45) is 3.50. The van der Waals surface area contributed by atoms with Crippen molar-refractivity contribution in [1.82, 2.24) is 4.57 Å². The Morgan fingerprint density at radius 3 is 2.71 bits per heavy atom. The topological polar surface area (TPSA) is 65.1 Å². The average molecular weight is 351 g/mol. The number of aromatic nitrogens is 1. The normalized spacial score (nSPS) is 10.9. The molecule has 2 aromatic rings. The van der Waals surface area contributed by atoms with Crippen molar-refractivity contribution in [2.45, 2.75) is 20.4 Å². The van der Waals surface area contributed by atoms with Crippen LogP contribution in [0.25, 0.3) is 0 Å². The van der Waals surface area contributed by atoms with Crippen LogP contribution in [-0.4, -0.2) is 15.3 Å². The number of ketones is 1. The standard InChI is InChI=1S/C15H15BrN2O3/c1-10(2)15(19)12-5-6-17(9-12)8-11-3-4-13(16)7-14(11)18(20)21/h3-7,9-10H,8H2,1-2H3. The smallest absolute Gasteiger partial charge is 0.275 e. The quantitative estimate of drug-likeness (QED) is 0.464. The minimum atomic E-state index is -0.399. The molecule has 0 fully saturated rings. The van der Waals surface area contributed by atoms with Crippen molar-refractivity contribution in [3.63, 3.8) is 0 Å². The van der Waals surface area contributed by atoms with E-state index >= 15 is 0 Å². The molecule has 1 aromatic heterocycles. The Morgan fingerprint density at radius 2 is 2.10 bits per heavy atom. The number of halogens is 1. The van der Waals surface area contributed by atoms with Crippen molar-refractivity contribution in [2.24, 2.45) is 5.92 Å². The van der Waals surface area contributed by atoms with E-state index in [1.54, 1.807) is 35.2 Å². The molecule has 0 unspecified atom stereocenters. The maximum atomic E-state index is 11.9. The number of hydrogen-bond acceptors (Lipinski definition) is 3. The SMILES string of the molecule is CC(C)C(=O)c1ccn(Cc2ccc(Br)cc2[N+](=O)[O-])c1. The molecule has 0 aliphatic rings. The molecule has 5 nitrogen and oxygen atoms in total. The van der Waals surface area contributed by atoms with Crippen molar-refractivity contribution >= 4 is 27.4 Å². The molecule has 0 aliphatic heterocycles. The molecule has 0 saturated carbocycles. The Bertz CT molecular complexity index is 692. The molecule has 0 radical (unpaired) electrons. The second-order valence-electron chi connectivity index (χ2n) is 5.12. The van der Waals surface area contributed by atoms with E-state index in [2.05, 4.69) is 15.9 Å². The third-order valence-electron chi connectivity index (χ3n) is 3.16. The van der Waals surface area contributed by atoms with Crippen LogP contribution in [0, 0.1) is 16.0 Å². The summed E-state index contributed by atoms with van der Waals surface area (Å²) in [6, 6.07) is 6.71. The maximum Gasteiger partial charge on any atom is 0.275 e. The van der Waals surface area contributed by atoms with Crippen molar-refractivity contribution in [2.75, 3.05) is 0 Å². The third-order valence-corrected chi connectivity index (χ3v) is 3.65. The Labute approximate surface area is 130 Å². The first-order valence-corrected chi connectivity index (χ1v) is 7.30. The molecule has 21 heavy (non-hydrogen) atoms. The summed E-state index contributed by atoms with van der Waals surface area (Å²) in [4.78, 5) is 22.6. The lowest BCUT2D eigenvalue weighted by Gasteiger charge is -2.05. The molecule has 0 spiro atoms. The Kier molecular flexibility index (Phi) is 4.57. The van der Waals surface area contributed by atoms with E-state index in [9.17, 15) is 14.9 Å². The molecule has 0 amide bonds. The van der Waals surface area contributed by atoms with E-state index in [4.69, 9.17) is 0 Å². The summed E-state index contributed by atoms with van der Waals surface area (Å²) >= 11 is 3.23. The van der Waals surface area contributed by atoms with E-state index in [1.807, 2.05) is 13.8 Å². The summed E-state index contributed by atoms with van der Waals surface area (Å²) in [7, 11) is 0. The molecule has 1 heterocycles. The molecule has 0 bridgehead atoms. The van der Waals surface area contributed by atoms with Gasteiger partial charge in [0.25, 0.3) is 5.69 Å². The first kappa shape index (κ1) is 15.4. The lowest BCUT2D eigenvalue weighted by molar-refractivity contribution is -0.385. The van der Waals surface area contributed by atoms with Gasteiger partial charge < -0.3 is 4.57 Å². The van der Waals surface area contributed by atoms with E-state index in [-0.39, 0.29) is 17.4 Å². The Morgan fingerprint density at radius 1 is 1.38 bits per heavy atom. The number of Topliss-reactive ketones (excluding diaryl/α,β-unsaturated/α-hetero) is 1. The highest BCUT2D eigenvalue weighted by Crippen LogP contribution is 2.24. The zero-order valence-electron chi connectivity index (χ0n) is 11.7. The summed E-state index contributed by atoms with van der Waals surface area (Å²) in [5.41, 5.74) is 1.29. The van der Waals surface area contributed by atoms with Crippen LogP contribution in [0.15, 0.2) is 41.1 Å². The lowest BCUT2D eigenvalue weighted by Crippen LogP contribution is -2.06. The molecule has 0 N–H and O–H groups in total. The van der Waals surface area contributed by atoms with Crippen LogP contribution in [-0.2, 0) is 6.54 Å². The molecule has 0 aliphatic carbocycles. The number of hydrogen-bond donors (Lipinski definition) is 0. The number of benzene rings is 1. The molecule has 1 aromatic carbocycles. The predicted octanol–water partition coefficient (Wildman–Crippen LogP) is 4.05. The molecule has 0 saturated heterocycles. The van der Waals surface area contributed by atoms with Crippen LogP contribution in [0.3, 0.4) is 0 Å². The average Bonchev–Trinajstić information content (AvgIpc) is 2.88. The number of rotatable bonds is 5. The van der Waals surface area contributed by atoms with E-state index < -0.39 is 4.92 Å². The van der Waals surface area contributed by atoms with Crippen LogP contribution in [0.2, 0.25) is 0 Å². The third kappa shape index (κ3) is 3.58. The second kappa shape index (κ2) is 6.22. The highest BCUT2D eigenvalue weighted by atomic mass is 79.9. The number of carbonyl (C=O) groups is 1. The second-order valence-corrected chi connectivity index (χ2v) is 6.04. The molecule has 6 heteroatoms. The van der Waals surface area contributed by atoms with Gasteiger partial charge in [-0.15, -0.1) is 0 Å². The monoisotopic (exact) mass is 350 g/mol. The van der Waals surface area contributed by atoms with Gasteiger partial charge in [0.05, 0.1) is 11.5 Å². The van der Waals surface area contributed by atoms with Crippen molar-refractivity contribution in [1.29, 1.82) is 0 Å². The van der Waals surface area contributed by atoms with Gasteiger partial charge in [-0.3, -0.25) is 14.9 Å². The van der Waals surface area contributed by atoms with Crippen LogP contribution >= 0.6 is 15.9 Å². The zero-order valence-corrected chi connectivity index (χ0v) is 13.3. The van der Waals surface area contributed by atoms with Gasteiger partial charge in [-0.05, 0) is 18.2 Å². The largest absolute Gasteiger partial charge is 0.349 e. The zero-order chi connectivity index (χ0) is 15.6. The van der Waals surface area contributed by atoms with E-state index in [1.165, 1.54) is 6.07 Å². The molecular weight excluding hydrogens is 336 g/mol. The van der Waals surface area contributed by atoms with Gasteiger partial charge in [-0.1, -0.05) is 29.8 Å². The molecule has 0 atom stereocenters.